The van der Waals surface area contributed by atoms with Crippen LogP contribution in [0.1, 0.15) is 5.56 Å². The van der Waals surface area contributed by atoms with Gasteiger partial charge in [0.25, 0.3) is 5.69 Å². The summed E-state index contributed by atoms with van der Waals surface area (Å²) in [6.07, 6.45) is 0. The van der Waals surface area contributed by atoms with Crippen LogP contribution in [0.4, 0.5) is 5.69 Å². The van der Waals surface area contributed by atoms with E-state index in [4.69, 9.17) is 4.74 Å². The van der Waals surface area contributed by atoms with Gasteiger partial charge in [0.2, 0.25) is 0 Å². The maximum atomic E-state index is 10.8. The van der Waals surface area contributed by atoms with E-state index in [-0.39, 0.29) is 5.69 Å². The molecule has 15 heavy (non-hydrogen) atoms. The van der Waals surface area contributed by atoms with E-state index < -0.39 is 4.92 Å². The van der Waals surface area contributed by atoms with Gasteiger partial charge in [0, 0.05) is 5.33 Å². The minimum absolute atomic E-state index is 0.0128. The zero-order valence-electron chi connectivity index (χ0n) is 8.20. The molecule has 0 saturated heterocycles. The molecule has 0 spiro atoms. The summed E-state index contributed by atoms with van der Waals surface area (Å²) < 4.78 is 4.93. The first-order chi connectivity index (χ1) is 7.10. The van der Waals surface area contributed by atoms with Gasteiger partial charge in [0.1, 0.15) is 5.75 Å². The van der Waals surface area contributed by atoms with Crippen LogP contribution in [0.25, 0.3) is 5.57 Å². The Labute approximate surface area is 95.8 Å². The minimum atomic E-state index is -0.439. The van der Waals surface area contributed by atoms with Crippen LogP contribution in [0.2, 0.25) is 0 Å². The predicted octanol–water partition coefficient (Wildman–Crippen LogP) is 3.01. The maximum absolute atomic E-state index is 10.8. The number of benzene rings is 1. The van der Waals surface area contributed by atoms with E-state index in [9.17, 15) is 10.1 Å². The molecule has 1 aromatic rings. The molecule has 5 heteroatoms. The Morgan fingerprint density at radius 3 is 2.80 bits per heavy atom. The van der Waals surface area contributed by atoms with Crippen molar-refractivity contribution in [1.82, 2.24) is 0 Å². The summed E-state index contributed by atoms with van der Waals surface area (Å²) in [6.45, 7) is 3.75. The second-order valence-corrected chi connectivity index (χ2v) is 3.44. The van der Waals surface area contributed by atoms with Crippen LogP contribution in [0, 0.1) is 10.1 Å². The highest BCUT2D eigenvalue weighted by Crippen LogP contribution is 2.29. The van der Waals surface area contributed by atoms with Crippen LogP contribution >= 0.6 is 15.9 Å². The summed E-state index contributed by atoms with van der Waals surface area (Å²) in [5.74, 6) is 0.466. The molecule has 1 aromatic carbocycles. The Hall–Kier alpha value is -1.36. The van der Waals surface area contributed by atoms with E-state index in [0.717, 1.165) is 0 Å². The van der Waals surface area contributed by atoms with Gasteiger partial charge in [-0.25, -0.2) is 0 Å². The topological polar surface area (TPSA) is 52.4 Å². The molecule has 0 heterocycles. The molecule has 80 valence electrons. The van der Waals surface area contributed by atoms with Crippen LogP contribution in [0.3, 0.4) is 0 Å². The Bertz CT molecular complexity index is 404. The van der Waals surface area contributed by atoms with E-state index in [1.54, 1.807) is 12.1 Å². The second-order valence-electron chi connectivity index (χ2n) is 2.88. The van der Waals surface area contributed by atoms with Crippen LogP contribution in [0.15, 0.2) is 24.8 Å². The van der Waals surface area contributed by atoms with Crippen LogP contribution in [0.5, 0.6) is 5.75 Å². The number of alkyl halides is 1. The van der Waals surface area contributed by atoms with Crippen molar-refractivity contribution in [2.75, 3.05) is 12.4 Å². The molecule has 0 amide bonds. The SMILES string of the molecule is C=C(CBr)c1ccc(OC)cc1[N+](=O)[O-]. The summed E-state index contributed by atoms with van der Waals surface area (Å²) in [5.41, 5.74) is 1.21. The van der Waals surface area contributed by atoms with Gasteiger partial charge in [-0.05, 0) is 17.7 Å². The molecule has 0 bridgehead atoms. The third kappa shape index (κ3) is 2.56. The lowest BCUT2D eigenvalue weighted by Gasteiger charge is -2.05. The molecule has 0 atom stereocenters. The first kappa shape index (κ1) is 11.7. The number of halogens is 1. The monoisotopic (exact) mass is 271 g/mol. The number of nitro groups is 1. The Kier molecular flexibility index (Phi) is 3.85. The lowest BCUT2D eigenvalue weighted by Crippen LogP contribution is -1.96. The minimum Gasteiger partial charge on any atom is -0.497 e. The van der Waals surface area contributed by atoms with Crippen LogP contribution < -0.4 is 4.74 Å². The van der Waals surface area contributed by atoms with Crippen molar-refractivity contribution in [3.8, 4) is 5.75 Å². The lowest BCUT2D eigenvalue weighted by atomic mass is 10.1. The molecular weight excluding hydrogens is 262 g/mol. The highest BCUT2D eigenvalue weighted by molar-refractivity contribution is 9.09. The molecule has 4 nitrogen and oxygen atoms in total. The number of rotatable bonds is 4. The molecule has 0 saturated carbocycles. The van der Waals surface area contributed by atoms with Crippen molar-refractivity contribution in [3.05, 3.63) is 40.5 Å². The highest BCUT2D eigenvalue weighted by atomic mass is 79.9. The first-order valence-electron chi connectivity index (χ1n) is 4.16. The predicted molar refractivity (Wildman–Crippen MR) is 62.5 cm³/mol. The van der Waals surface area contributed by atoms with Gasteiger partial charge < -0.3 is 4.74 Å². The summed E-state index contributed by atoms with van der Waals surface area (Å²) in [4.78, 5) is 10.4. The second kappa shape index (κ2) is 4.93. The summed E-state index contributed by atoms with van der Waals surface area (Å²) in [6, 6.07) is 4.71. The van der Waals surface area contributed by atoms with Crippen molar-refractivity contribution >= 4 is 27.2 Å². The van der Waals surface area contributed by atoms with Crippen LogP contribution in [-0.4, -0.2) is 17.4 Å². The largest absolute Gasteiger partial charge is 0.497 e. The number of nitro benzene ring substituents is 1. The van der Waals surface area contributed by atoms with E-state index in [2.05, 4.69) is 22.5 Å². The number of ether oxygens (including phenoxy) is 1. The summed E-state index contributed by atoms with van der Waals surface area (Å²) in [5, 5.41) is 11.3. The third-order valence-corrected chi connectivity index (χ3v) is 2.62. The number of allylic oxidation sites excluding steroid dienone is 1. The molecular formula is C10H10BrNO3. The number of hydrogen-bond donors (Lipinski definition) is 0. The quantitative estimate of drug-likeness (QED) is 0.481. The van der Waals surface area contributed by atoms with Gasteiger partial charge in [0.15, 0.2) is 0 Å². The molecule has 0 aliphatic carbocycles. The lowest BCUT2D eigenvalue weighted by molar-refractivity contribution is -0.385. The van der Waals surface area contributed by atoms with Crippen LogP contribution in [-0.2, 0) is 0 Å². The Balaban J connectivity index is 3.27. The van der Waals surface area contributed by atoms with Crippen molar-refractivity contribution in [1.29, 1.82) is 0 Å². The molecule has 1 rings (SSSR count). The molecule has 0 aliphatic rings. The fourth-order valence-electron chi connectivity index (χ4n) is 1.16. The zero-order valence-corrected chi connectivity index (χ0v) is 9.78. The van der Waals surface area contributed by atoms with Gasteiger partial charge in [0.05, 0.1) is 23.7 Å². The third-order valence-electron chi connectivity index (χ3n) is 1.94. The maximum Gasteiger partial charge on any atom is 0.280 e. The number of nitrogens with zero attached hydrogens (tertiary/aromatic N) is 1. The Morgan fingerprint density at radius 1 is 1.67 bits per heavy atom. The van der Waals surface area contributed by atoms with Crippen molar-refractivity contribution < 1.29 is 9.66 Å². The standard InChI is InChI=1S/C10H10BrNO3/c1-7(6-11)9-4-3-8(15-2)5-10(9)12(13)14/h3-5H,1,6H2,2H3. The molecule has 0 radical (unpaired) electrons. The van der Waals surface area contributed by atoms with Gasteiger partial charge in [-0.2, -0.15) is 0 Å². The van der Waals surface area contributed by atoms with Gasteiger partial charge in [-0.3, -0.25) is 10.1 Å². The smallest absolute Gasteiger partial charge is 0.280 e. The molecule has 0 unspecified atom stereocenters. The number of hydrogen-bond acceptors (Lipinski definition) is 3. The van der Waals surface area contributed by atoms with E-state index in [0.29, 0.717) is 22.2 Å². The fraction of sp³-hybridized carbons (Fsp3) is 0.200. The molecule has 0 N–H and O–H groups in total. The van der Waals surface area contributed by atoms with Crippen molar-refractivity contribution in [2.45, 2.75) is 0 Å². The molecule has 0 aliphatic heterocycles. The van der Waals surface area contributed by atoms with E-state index in [1.807, 2.05) is 0 Å². The highest BCUT2D eigenvalue weighted by Gasteiger charge is 2.16. The fourth-order valence-corrected chi connectivity index (χ4v) is 1.46. The zero-order chi connectivity index (χ0) is 11.4. The summed E-state index contributed by atoms with van der Waals surface area (Å²) in [7, 11) is 1.47. The average Bonchev–Trinajstić information content (AvgIpc) is 2.27. The van der Waals surface area contributed by atoms with Crippen molar-refractivity contribution in [3.63, 3.8) is 0 Å². The Morgan fingerprint density at radius 2 is 2.33 bits per heavy atom. The van der Waals surface area contributed by atoms with Gasteiger partial charge in [-0.15, -0.1) is 0 Å². The normalized spacial score (nSPS) is 9.73. The average molecular weight is 272 g/mol. The first-order valence-corrected chi connectivity index (χ1v) is 5.28. The molecule has 0 aromatic heterocycles. The summed E-state index contributed by atoms with van der Waals surface area (Å²) >= 11 is 3.22. The van der Waals surface area contributed by atoms with E-state index in [1.165, 1.54) is 13.2 Å². The van der Waals surface area contributed by atoms with E-state index >= 15 is 0 Å². The van der Waals surface area contributed by atoms with Gasteiger partial charge >= 0.3 is 0 Å². The van der Waals surface area contributed by atoms with Gasteiger partial charge in [-0.1, -0.05) is 22.5 Å². The van der Waals surface area contributed by atoms with Crippen molar-refractivity contribution in [2.24, 2.45) is 0 Å². The number of methoxy groups -OCH3 is 1. The molecule has 0 fully saturated rings.